The van der Waals surface area contributed by atoms with Gasteiger partial charge in [0.05, 0.1) is 11.9 Å². The molecule has 0 unspecified atom stereocenters. The van der Waals surface area contributed by atoms with Crippen molar-refractivity contribution in [3.8, 4) is 11.3 Å². The van der Waals surface area contributed by atoms with Crippen LogP contribution in [-0.4, -0.2) is 61.0 Å². The number of nitrogens with one attached hydrogen (secondary N) is 3. The number of halogens is 1. The molecule has 0 aromatic carbocycles. The van der Waals surface area contributed by atoms with Gasteiger partial charge in [-0.3, -0.25) is 0 Å². The number of anilines is 1. The Labute approximate surface area is 178 Å². The van der Waals surface area contributed by atoms with Gasteiger partial charge in [0.25, 0.3) is 5.95 Å². The number of urea groups is 1. The van der Waals surface area contributed by atoms with Crippen LogP contribution in [0, 0.1) is 5.95 Å². The molecule has 2 fully saturated rings. The molecule has 2 amide bonds. The number of carbonyl (C=O) groups is 1. The van der Waals surface area contributed by atoms with Crippen LogP contribution in [0.5, 0.6) is 0 Å². The monoisotopic (exact) mass is 424 g/mol. The van der Waals surface area contributed by atoms with E-state index < -0.39 is 5.95 Å². The van der Waals surface area contributed by atoms with E-state index in [-0.39, 0.29) is 23.9 Å². The van der Waals surface area contributed by atoms with Crippen molar-refractivity contribution >= 4 is 22.9 Å². The summed E-state index contributed by atoms with van der Waals surface area (Å²) in [4.78, 5) is 34.0. The van der Waals surface area contributed by atoms with E-state index in [1.807, 2.05) is 4.90 Å². The van der Waals surface area contributed by atoms with E-state index in [1.54, 1.807) is 12.4 Å². The molecule has 2 atom stereocenters. The summed E-state index contributed by atoms with van der Waals surface area (Å²) < 4.78 is 14.4. The lowest BCUT2D eigenvalue weighted by molar-refractivity contribution is 0.199. The van der Waals surface area contributed by atoms with Crippen molar-refractivity contribution in [2.24, 2.45) is 0 Å². The molecule has 4 heterocycles. The van der Waals surface area contributed by atoms with Crippen molar-refractivity contribution in [2.45, 2.75) is 50.6 Å². The number of amides is 2. The van der Waals surface area contributed by atoms with Crippen LogP contribution >= 0.6 is 0 Å². The number of nitrogens with zero attached hydrogens (tertiary/aromatic N) is 5. The zero-order valence-electron chi connectivity index (χ0n) is 17.1. The van der Waals surface area contributed by atoms with Crippen LogP contribution in [0.3, 0.4) is 0 Å². The molecule has 1 saturated carbocycles. The second-order valence-corrected chi connectivity index (χ2v) is 8.23. The lowest BCUT2D eigenvalue weighted by Gasteiger charge is -2.31. The molecule has 5 rings (SSSR count). The van der Waals surface area contributed by atoms with Gasteiger partial charge in [-0.05, 0) is 38.5 Å². The summed E-state index contributed by atoms with van der Waals surface area (Å²) in [7, 11) is 0. The Morgan fingerprint density at radius 2 is 1.97 bits per heavy atom. The van der Waals surface area contributed by atoms with Gasteiger partial charge in [0, 0.05) is 48.5 Å². The second-order valence-electron chi connectivity index (χ2n) is 8.23. The van der Waals surface area contributed by atoms with Gasteiger partial charge in [-0.1, -0.05) is 0 Å². The van der Waals surface area contributed by atoms with Crippen molar-refractivity contribution in [1.29, 1.82) is 0 Å². The Morgan fingerprint density at radius 1 is 1.13 bits per heavy atom. The van der Waals surface area contributed by atoms with Gasteiger partial charge in [-0.15, -0.1) is 0 Å². The highest BCUT2D eigenvalue weighted by Crippen LogP contribution is 2.28. The van der Waals surface area contributed by atoms with E-state index in [9.17, 15) is 9.18 Å². The summed E-state index contributed by atoms with van der Waals surface area (Å²) in [6, 6.07) is 0.102. The average Bonchev–Trinajstić information content (AvgIpc) is 3.46. The molecule has 162 valence electrons. The number of aromatic nitrogens is 5. The molecule has 3 aromatic rings. The first kappa shape index (κ1) is 19.7. The van der Waals surface area contributed by atoms with E-state index in [0.717, 1.165) is 62.6 Å². The quantitative estimate of drug-likeness (QED) is 0.593. The maximum absolute atomic E-state index is 14.4. The second kappa shape index (κ2) is 8.44. The van der Waals surface area contributed by atoms with Crippen LogP contribution in [0.15, 0.2) is 24.9 Å². The van der Waals surface area contributed by atoms with Crippen molar-refractivity contribution in [1.82, 2.24) is 35.1 Å². The first-order valence-electron chi connectivity index (χ1n) is 10.8. The largest absolute Gasteiger partial charge is 0.363 e. The summed E-state index contributed by atoms with van der Waals surface area (Å²) in [5.41, 5.74) is 2.00. The molecule has 3 N–H and O–H groups in total. The molecular formula is C21H25FN8O. The number of H-pyrrole nitrogens is 1. The molecule has 1 saturated heterocycles. The molecular weight excluding hydrogens is 399 g/mol. The predicted octanol–water partition coefficient (Wildman–Crippen LogP) is 3.08. The number of rotatable bonds is 4. The minimum absolute atomic E-state index is 0.0117. The Balaban J connectivity index is 1.29. The van der Waals surface area contributed by atoms with Crippen LogP contribution in [0.2, 0.25) is 0 Å². The normalized spacial score (nSPS) is 21.4. The highest BCUT2D eigenvalue weighted by molar-refractivity contribution is 5.91. The molecule has 0 bridgehead atoms. The Hall–Kier alpha value is -3.30. The summed E-state index contributed by atoms with van der Waals surface area (Å²) in [5, 5.41) is 7.16. The maximum Gasteiger partial charge on any atom is 0.317 e. The van der Waals surface area contributed by atoms with E-state index >= 15 is 0 Å². The third kappa shape index (κ3) is 4.14. The lowest BCUT2D eigenvalue weighted by atomic mass is 9.91. The van der Waals surface area contributed by atoms with Crippen molar-refractivity contribution in [3.05, 3.63) is 30.9 Å². The highest BCUT2D eigenvalue weighted by Gasteiger charge is 2.27. The van der Waals surface area contributed by atoms with E-state index in [2.05, 4.69) is 35.6 Å². The van der Waals surface area contributed by atoms with Gasteiger partial charge in [-0.25, -0.2) is 24.7 Å². The summed E-state index contributed by atoms with van der Waals surface area (Å²) in [6.07, 6.45) is 12.0. The van der Waals surface area contributed by atoms with E-state index in [0.29, 0.717) is 11.3 Å². The van der Waals surface area contributed by atoms with Gasteiger partial charge < -0.3 is 20.5 Å². The number of hydrogen-bond donors (Lipinski definition) is 3. The zero-order valence-corrected chi connectivity index (χ0v) is 17.1. The molecule has 9 nitrogen and oxygen atoms in total. The average molecular weight is 424 g/mol. The molecule has 31 heavy (non-hydrogen) atoms. The number of hydrogen-bond acceptors (Lipinski definition) is 6. The topological polar surface area (TPSA) is 112 Å². The van der Waals surface area contributed by atoms with Gasteiger partial charge in [0.1, 0.15) is 12.0 Å². The van der Waals surface area contributed by atoms with Gasteiger partial charge >= 0.3 is 6.03 Å². The Bertz CT molecular complexity index is 1080. The van der Waals surface area contributed by atoms with E-state index in [1.165, 1.54) is 12.5 Å². The summed E-state index contributed by atoms with van der Waals surface area (Å²) in [6.45, 7) is 1.65. The summed E-state index contributed by atoms with van der Waals surface area (Å²) >= 11 is 0. The first-order valence-corrected chi connectivity index (χ1v) is 10.8. The van der Waals surface area contributed by atoms with E-state index in [4.69, 9.17) is 0 Å². The standard InChI is InChI=1S/C21H25FN8O/c22-18-20(29-17(11-24-18)15-10-25-19-16(15)9-23-12-26-19)27-13-4-3-5-14(8-13)28-21(31)30-6-1-2-7-30/h9-14H,1-8H2,(H,27,29)(H,28,31)(H,23,25,26)/t13-,14+/m1/s1. The Morgan fingerprint density at radius 3 is 2.84 bits per heavy atom. The van der Waals surface area contributed by atoms with Crippen LogP contribution in [0.1, 0.15) is 38.5 Å². The number of carbonyl (C=O) groups excluding carboxylic acids is 1. The van der Waals surface area contributed by atoms with Gasteiger partial charge in [0.15, 0.2) is 5.82 Å². The smallest absolute Gasteiger partial charge is 0.317 e. The zero-order chi connectivity index (χ0) is 21.2. The fraction of sp³-hybridized carbons (Fsp3) is 0.476. The van der Waals surface area contributed by atoms with Crippen molar-refractivity contribution < 1.29 is 9.18 Å². The SMILES string of the molecule is O=C(N[C@H]1CCC[C@@H](Nc2nc(-c3c[nH]c4ncncc34)cnc2F)C1)N1CCCC1. The van der Waals surface area contributed by atoms with Crippen molar-refractivity contribution in [3.63, 3.8) is 0 Å². The van der Waals surface area contributed by atoms with Gasteiger partial charge in [0.2, 0.25) is 0 Å². The van der Waals surface area contributed by atoms with Crippen molar-refractivity contribution in [2.75, 3.05) is 18.4 Å². The Kier molecular flexibility index (Phi) is 5.35. The van der Waals surface area contributed by atoms with Crippen LogP contribution in [-0.2, 0) is 0 Å². The molecule has 10 heteroatoms. The van der Waals surface area contributed by atoms with Gasteiger partial charge in [-0.2, -0.15) is 4.39 Å². The first-order chi connectivity index (χ1) is 15.2. The van der Waals surface area contributed by atoms with Crippen LogP contribution in [0.4, 0.5) is 15.0 Å². The predicted molar refractivity (Wildman–Crippen MR) is 114 cm³/mol. The van der Waals surface area contributed by atoms with Crippen LogP contribution < -0.4 is 10.6 Å². The number of fused-ring (bicyclic) bond motifs is 1. The number of aromatic amines is 1. The summed E-state index contributed by atoms with van der Waals surface area (Å²) in [5.74, 6) is -0.511. The lowest BCUT2D eigenvalue weighted by Crippen LogP contribution is -2.47. The number of likely N-dealkylation sites (tertiary alicyclic amines) is 1. The molecule has 3 aromatic heterocycles. The molecule has 2 aliphatic rings. The minimum Gasteiger partial charge on any atom is -0.363 e. The minimum atomic E-state index is -0.636. The third-order valence-corrected chi connectivity index (χ3v) is 6.10. The fourth-order valence-electron chi connectivity index (χ4n) is 4.50. The highest BCUT2D eigenvalue weighted by atomic mass is 19.1. The molecule has 0 radical (unpaired) electrons. The fourth-order valence-corrected chi connectivity index (χ4v) is 4.50. The molecule has 0 spiro atoms. The molecule has 1 aliphatic carbocycles. The third-order valence-electron chi connectivity index (χ3n) is 6.10. The maximum atomic E-state index is 14.4. The van der Waals surface area contributed by atoms with Crippen LogP contribution in [0.25, 0.3) is 22.3 Å². The molecule has 1 aliphatic heterocycles.